The predicted octanol–water partition coefficient (Wildman–Crippen LogP) is 2.38. The molecule has 0 radical (unpaired) electrons. The summed E-state index contributed by atoms with van der Waals surface area (Å²) in [6.07, 6.45) is 3.07. The topological polar surface area (TPSA) is 48.3 Å². The van der Waals surface area contributed by atoms with Crippen molar-refractivity contribution in [2.24, 2.45) is 0 Å². The van der Waals surface area contributed by atoms with E-state index in [-0.39, 0.29) is 12.1 Å². The third-order valence-electron chi connectivity index (χ3n) is 2.93. The SMILES string of the molecule is CCCNC(COC(C)C)c1c(OC)cnn1CC. The van der Waals surface area contributed by atoms with Gasteiger partial charge in [-0.3, -0.25) is 4.68 Å². The van der Waals surface area contributed by atoms with Crippen molar-refractivity contribution in [2.45, 2.75) is 52.8 Å². The molecule has 1 atom stereocenters. The zero-order valence-electron chi connectivity index (χ0n) is 12.8. The van der Waals surface area contributed by atoms with Crippen LogP contribution in [0.3, 0.4) is 0 Å². The minimum absolute atomic E-state index is 0.111. The van der Waals surface area contributed by atoms with Crippen LogP contribution in [-0.4, -0.2) is 36.1 Å². The number of ether oxygens (including phenoxy) is 2. The predicted molar refractivity (Wildman–Crippen MR) is 76.6 cm³/mol. The Morgan fingerprint density at radius 1 is 1.37 bits per heavy atom. The van der Waals surface area contributed by atoms with E-state index in [4.69, 9.17) is 9.47 Å². The zero-order valence-corrected chi connectivity index (χ0v) is 12.8. The van der Waals surface area contributed by atoms with Crippen molar-refractivity contribution < 1.29 is 9.47 Å². The number of hydrogen-bond acceptors (Lipinski definition) is 4. The molecule has 1 aromatic heterocycles. The van der Waals surface area contributed by atoms with Gasteiger partial charge < -0.3 is 14.8 Å². The molecule has 1 rings (SSSR count). The van der Waals surface area contributed by atoms with Crippen LogP contribution in [0.4, 0.5) is 0 Å². The maximum Gasteiger partial charge on any atom is 0.161 e. The molecule has 0 aliphatic rings. The molecule has 0 aliphatic carbocycles. The Morgan fingerprint density at radius 2 is 2.11 bits per heavy atom. The minimum atomic E-state index is 0.111. The van der Waals surface area contributed by atoms with Crippen LogP contribution >= 0.6 is 0 Å². The third kappa shape index (κ3) is 4.51. The fourth-order valence-electron chi connectivity index (χ4n) is 1.98. The first-order chi connectivity index (χ1) is 9.13. The van der Waals surface area contributed by atoms with Crippen molar-refractivity contribution in [1.29, 1.82) is 0 Å². The molecule has 0 bridgehead atoms. The molecule has 0 aliphatic heterocycles. The number of methoxy groups -OCH3 is 1. The zero-order chi connectivity index (χ0) is 14.3. The number of hydrogen-bond donors (Lipinski definition) is 1. The smallest absolute Gasteiger partial charge is 0.161 e. The second-order valence-electron chi connectivity index (χ2n) is 4.80. The number of rotatable bonds is 9. The van der Waals surface area contributed by atoms with Crippen molar-refractivity contribution in [1.82, 2.24) is 15.1 Å². The van der Waals surface area contributed by atoms with Crippen LogP contribution in [0.2, 0.25) is 0 Å². The molecule has 0 fully saturated rings. The van der Waals surface area contributed by atoms with Crippen molar-refractivity contribution >= 4 is 0 Å². The maximum absolute atomic E-state index is 5.76. The van der Waals surface area contributed by atoms with Gasteiger partial charge in [-0.25, -0.2) is 0 Å². The molecule has 1 aromatic rings. The Hall–Kier alpha value is -1.07. The van der Waals surface area contributed by atoms with Gasteiger partial charge in [0.05, 0.1) is 37.8 Å². The standard InChI is InChI=1S/C14H27N3O2/c1-6-8-15-12(10-19-11(3)4)14-13(18-5)9-16-17(14)7-2/h9,11-12,15H,6-8,10H2,1-5H3. The molecule has 19 heavy (non-hydrogen) atoms. The van der Waals surface area contributed by atoms with Gasteiger partial charge in [-0.2, -0.15) is 5.10 Å². The Labute approximate surface area is 116 Å². The molecule has 1 heterocycles. The van der Waals surface area contributed by atoms with E-state index in [1.807, 2.05) is 18.5 Å². The second kappa shape index (κ2) is 8.17. The van der Waals surface area contributed by atoms with Crippen molar-refractivity contribution in [3.05, 3.63) is 11.9 Å². The molecule has 0 saturated carbocycles. The normalized spacial score (nSPS) is 12.9. The summed E-state index contributed by atoms with van der Waals surface area (Å²) in [7, 11) is 1.68. The Bertz CT molecular complexity index is 342. The molecule has 0 saturated heterocycles. The maximum atomic E-state index is 5.76. The first-order valence-corrected chi connectivity index (χ1v) is 7.08. The van der Waals surface area contributed by atoms with Crippen LogP contribution in [-0.2, 0) is 11.3 Å². The number of nitrogens with zero attached hydrogens (tertiary/aromatic N) is 2. The lowest BCUT2D eigenvalue weighted by Gasteiger charge is -2.22. The fraction of sp³-hybridized carbons (Fsp3) is 0.786. The van der Waals surface area contributed by atoms with Gasteiger partial charge in [-0.1, -0.05) is 6.92 Å². The van der Waals surface area contributed by atoms with E-state index in [1.54, 1.807) is 13.3 Å². The Kier molecular flexibility index (Phi) is 6.87. The van der Waals surface area contributed by atoms with Crippen LogP contribution in [0.25, 0.3) is 0 Å². The molecular weight excluding hydrogens is 242 g/mol. The molecular formula is C14H27N3O2. The first-order valence-electron chi connectivity index (χ1n) is 7.08. The highest BCUT2D eigenvalue weighted by atomic mass is 16.5. The number of nitrogens with one attached hydrogen (secondary N) is 1. The van der Waals surface area contributed by atoms with E-state index in [9.17, 15) is 0 Å². The van der Waals surface area contributed by atoms with E-state index in [2.05, 4.69) is 24.3 Å². The summed E-state index contributed by atoms with van der Waals surface area (Å²) < 4.78 is 13.1. The molecule has 5 heteroatoms. The van der Waals surface area contributed by atoms with Crippen LogP contribution in [0.5, 0.6) is 5.75 Å². The highest BCUT2D eigenvalue weighted by Crippen LogP contribution is 2.25. The first kappa shape index (κ1) is 16.0. The van der Waals surface area contributed by atoms with Gasteiger partial charge in [0.2, 0.25) is 0 Å². The fourth-order valence-corrected chi connectivity index (χ4v) is 1.98. The average molecular weight is 269 g/mol. The summed E-state index contributed by atoms with van der Waals surface area (Å²) in [5, 5.41) is 7.87. The second-order valence-corrected chi connectivity index (χ2v) is 4.80. The minimum Gasteiger partial charge on any atom is -0.493 e. The van der Waals surface area contributed by atoms with E-state index >= 15 is 0 Å². The van der Waals surface area contributed by atoms with Gasteiger partial charge in [0, 0.05) is 6.54 Å². The van der Waals surface area contributed by atoms with Gasteiger partial charge in [0.1, 0.15) is 0 Å². The average Bonchev–Trinajstić information content (AvgIpc) is 2.81. The van der Waals surface area contributed by atoms with Gasteiger partial charge in [0.15, 0.2) is 5.75 Å². The summed E-state index contributed by atoms with van der Waals surface area (Å²) in [5.41, 5.74) is 1.07. The largest absolute Gasteiger partial charge is 0.493 e. The molecule has 5 nitrogen and oxygen atoms in total. The van der Waals surface area contributed by atoms with Crippen molar-refractivity contribution in [3.8, 4) is 5.75 Å². The summed E-state index contributed by atoms with van der Waals surface area (Å²) in [6, 6.07) is 0.111. The molecule has 1 N–H and O–H groups in total. The van der Waals surface area contributed by atoms with E-state index in [1.165, 1.54) is 0 Å². The summed E-state index contributed by atoms with van der Waals surface area (Å²) in [6.45, 7) is 10.7. The monoisotopic (exact) mass is 269 g/mol. The van der Waals surface area contributed by atoms with Gasteiger partial charge in [0.25, 0.3) is 0 Å². The van der Waals surface area contributed by atoms with Gasteiger partial charge in [-0.15, -0.1) is 0 Å². The molecule has 0 amide bonds. The van der Waals surface area contributed by atoms with Crippen molar-refractivity contribution in [2.75, 3.05) is 20.3 Å². The number of aromatic nitrogens is 2. The van der Waals surface area contributed by atoms with Crippen LogP contribution in [0, 0.1) is 0 Å². The van der Waals surface area contributed by atoms with Gasteiger partial charge in [-0.05, 0) is 33.7 Å². The highest BCUT2D eigenvalue weighted by molar-refractivity contribution is 5.28. The molecule has 0 spiro atoms. The van der Waals surface area contributed by atoms with E-state index in [0.29, 0.717) is 6.61 Å². The van der Waals surface area contributed by atoms with Crippen LogP contribution in [0.15, 0.2) is 6.20 Å². The summed E-state index contributed by atoms with van der Waals surface area (Å²) in [4.78, 5) is 0. The van der Waals surface area contributed by atoms with Crippen molar-refractivity contribution in [3.63, 3.8) is 0 Å². The Morgan fingerprint density at radius 3 is 2.63 bits per heavy atom. The Balaban J connectivity index is 2.90. The molecule has 1 unspecified atom stereocenters. The molecule has 110 valence electrons. The lowest BCUT2D eigenvalue weighted by Crippen LogP contribution is -2.30. The summed E-state index contributed by atoms with van der Waals surface area (Å²) >= 11 is 0. The highest BCUT2D eigenvalue weighted by Gasteiger charge is 2.21. The lowest BCUT2D eigenvalue weighted by atomic mass is 10.2. The quantitative estimate of drug-likeness (QED) is 0.747. The van der Waals surface area contributed by atoms with E-state index < -0.39 is 0 Å². The van der Waals surface area contributed by atoms with E-state index in [0.717, 1.165) is 31.0 Å². The third-order valence-corrected chi connectivity index (χ3v) is 2.93. The van der Waals surface area contributed by atoms with Crippen LogP contribution in [0.1, 0.15) is 45.9 Å². The number of aryl methyl sites for hydroxylation is 1. The summed E-state index contributed by atoms with van der Waals surface area (Å²) in [5.74, 6) is 0.822. The van der Waals surface area contributed by atoms with Crippen LogP contribution < -0.4 is 10.1 Å². The molecule has 0 aromatic carbocycles. The van der Waals surface area contributed by atoms with Gasteiger partial charge >= 0.3 is 0 Å². The lowest BCUT2D eigenvalue weighted by molar-refractivity contribution is 0.0589.